The summed E-state index contributed by atoms with van der Waals surface area (Å²) in [6.45, 7) is 0. The standard InChI is InChI=1S/C43H26N4O/c1-3-13-27(14-4-1)41-44-42(28-15-5-2-6-16-28)46-43(45-41)33-21-12-24-38-39(33)32-20-11-23-36(40(32)48-38)47-35-22-10-9-19-31(35)34-25-29-17-7-8-18-30(29)26-37(34)47/h1-26H. The topological polar surface area (TPSA) is 56.7 Å². The van der Waals surface area contributed by atoms with Crippen molar-refractivity contribution in [1.29, 1.82) is 0 Å². The molecular weight excluding hydrogens is 589 g/mol. The van der Waals surface area contributed by atoms with E-state index >= 15 is 0 Å². The van der Waals surface area contributed by atoms with Crippen LogP contribution in [0.25, 0.3) is 94.4 Å². The number of rotatable bonds is 4. The summed E-state index contributed by atoms with van der Waals surface area (Å²) in [5, 5.41) is 6.83. The second-order valence-electron chi connectivity index (χ2n) is 12.0. The lowest BCUT2D eigenvalue weighted by Crippen LogP contribution is -2.00. The third-order valence-corrected chi connectivity index (χ3v) is 9.22. The molecule has 5 nitrogen and oxygen atoms in total. The van der Waals surface area contributed by atoms with Gasteiger partial charge in [-0.3, -0.25) is 0 Å². The minimum absolute atomic E-state index is 0.602. The molecule has 0 unspecified atom stereocenters. The van der Waals surface area contributed by atoms with Crippen molar-refractivity contribution in [1.82, 2.24) is 19.5 Å². The number of hydrogen-bond acceptors (Lipinski definition) is 4. The molecule has 0 saturated heterocycles. The lowest BCUT2D eigenvalue weighted by atomic mass is 10.0. The van der Waals surface area contributed by atoms with Gasteiger partial charge in [0.2, 0.25) is 0 Å². The van der Waals surface area contributed by atoms with E-state index in [1.807, 2.05) is 72.8 Å². The van der Waals surface area contributed by atoms with Gasteiger partial charge in [-0.15, -0.1) is 0 Å². The fourth-order valence-electron chi connectivity index (χ4n) is 7.04. The summed E-state index contributed by atoms with van der Waals surface area (Å²) >= 11 is 0. The smallest absolute Gasteiger partial charge is 0.164 e. The van der Waals surface area contributed by atoms with Crippen LogP contribution in [0.4, 0.5) is 0 Å². The molecule has 0 spiro atoms. The summed E-state index contributed by atoms with van der Waals surface area (Å²) in [7, 11) is 0. The van der Waals surface area contributed by atoms with Gasteiger partial charge in [0.05, 0.1) is 16.7 Å². The first-order chi connectivity index (χ1) is 23.8. The van der Waals surface area contributed by atoms with E-state index in [1.54, 1.807) is 0 Å². The molecule has 0 N–H and O–H groups in total. The summed E-state index contributed by atoms with van der Waals surface area (Å²) in [4.78, 5) is 15.0. The highest BCUT2D eigenvalue weighted by Gasteiger charge is 2.21. The molecule has 10 aromatic rings. The molecule has 0 radical (unpaired) electrons. The van der Waals surface area contributed by atoms with Crippen molar-refractivity contribution in [3.05, 3.63) is 158 Å². The van der Waals surface area contributed by atoms with E-state index in [2.05, 4.69) is 89.5 Å². The Morgan fingerprint density at radius 1 is 0.438 bits per heavy atom. The zero-order chi connectivity index (χ0) is 31.6. The number of aromatic nitrogens is 4. The average molecular weight is 615 g/mol. The predicted molar refractivity (Wildman–Crippen MR) is 195 cm³/mol. The van der Waals surface area contributed by atoms with Crippen LogP contribution in [0.2, 0.25) is 0 Å². The van der Waals surface area contributed by atoms with Gasteiger partial charge in [0, 0.05) is 38.2 Å². The van der Waals surface area contributed by atoms with Crippen molar-refractivity contribution < 1.29 is 4.42 Å². The van der Waals surface area contributed by atoms with Crippen LogP contribution in [-0.4, -0.2) is 19.5 Å². The van der Waals surface area contributed by atoms with Crippen molar-refractivity contribution in [2.24, 2.45) is 0 Å². The summed E-state index contributed by atoms with van der Waals surface area (Å²) in [6, 6.07) is 54.4. The molecular formula is C43H26N4O. The largest absolute Gasteiger partial charge is 0.454 e. The average Bonchev–Trinajstić information content (AvgIpc) is 3.70. The Hall–Kier alpha value is -6.59. The highest BCUT2D eigenvalue weighted by molar-refractivity contribution is 6.17. The highest BCUT2D eigenvalue weighted by Crippen LogP contribution is 2.41. The maximum atomic E-state index is 6.79. The Morgan fingerprint density at radius 3 is 1.79 bits per heavy atom. The van der Waals surface area contributed by atoms with Crippen LogP contribution in [-0.2, 0) is 0 Å². The Balaban J connectivity index is 1.25. The molecule has 0 aliphatic heterocycles. The summed E-state index contributed by atoms with van der Waals surface area (Å²) in [5.74, 6) is 1.86. The van der Waals surface area contributed by atoms with Crippen LogP contribution < -0.4 is 0 Å². The van der Waals surface area contributed by atoms with Gasteiger partial charge in [0.25, 0.3) is 0 Å². The van der Waals surface area contributed by atoms with E-state index in [4.69, 9.17) is 19.4 Å². The third kappa shape index (κ3) is 4.08. The van der Waals surface area contributed by atoms with Crippen molar-refractivity contribution in [2.75, 3.05) is 0 Å². The summed E-state index contributed by atoms with van der Waals surface area (Å²) in [6.07, 6.45) is 0. The molecule has 3 heterocycles. The van der Waals surface area contributed by atoms with Gasteiger partial charge in [0.15, 0.2) is 23.1 Å². The van der Waals surface area contributed by atoms with E-state index in [0.717, 1.165) is 55.3 Å². The number of nitrogens with zero attached hydrogens (tertiary/aromatic N) is 4. The number of benzene rings is 7. The molecule has 0 bridgehead atoms. The molecule has 7 aromatic carbocycles. The first-order valence-electron chi connectivity index (χ1n) is 16.0. The fourth-order valence-corrected chi connectivity index (χ4v) is 7.04. The van der Waals surface area contributed by atoms with Crippen LogP contribution in [0.1, 0.15) is 0 Å². The minimum Gasteiger partial charge on any atom is -0.454 e. The number of hydrogen-bond donors (Lipinski definition) is 0. The molecule has 5 heteroatoms. The van der Waals surface area contributed by atoms with Gasteiger partial charge >= 0.3 is 0 Å². The Bertz CT molecular complexity index is 2780. The predicted octanol–water partition coefficient (Wildman–Crippen LogP) is 11.0. The lowest BCUT2D eigenvalue weighted by molar-refractivity contribution is 0.666. The van der Waals surface area contributed by atoms with Crippen molar-refractivity contribution in [2.45, 2.75) is 0 Å². The van der Waals surface area contributed by atoms with E-state index in [1.165, 1.54) is 21.5 Å². The fraction of sp³-hybridized carbons (Fsp3) is 0. The minimum atomic E-state index is 0.602. The number of furan rings is 1. The Morgan fingerprint density at radius 2 is 1.04 bits per heavy atom. The van der Waals surface area contributed by atoms with Crippen molar-refractivity contribution >= 4 is 54.5 Å². The van der Waals surface area contributed by atoms with E-state index < -0.39 is 0 Å². The molecule has 0 aliphatic carbocycles. The molecule has 10 rings (SSSR count). The normalized spacial score (nSPS) is 11.8. The van der Waals surface area contributed by atoms with E-state index in [9.17, 15) is 0 Å². The second kappa shape index (κ2) is 10.5. The lowest BCUT2D eigenvalue weighted by Gasteiger charge is -2.10. The van der Waals surface area contributed by atoms with Gasteiger partial charge in [0.1, 0.15) is 5.58 Å². The number of fused-ring (bicyclic) bond motifs is 7. The zero-order valence-electron chi connectivity index (χ0n) is 25.7. The molecule has 48 heavy (non-hydrogen) atoms. The van der Waals surface area contributed by atoms with Gasteiger partial charge < -0.3 is 8.98 Å². The van der Waals surface area contributed by atoms with Crippen LogP contribution in [0.15, 0.2) is 162 Å². The quantitative estimate of drug-likeness (QED) is 0.198. The van der Waals surface area contributed by atoms with Crippen LogP contribution in [0.3, 0.4) is 0 Å². The van der Waals surface area contributed by atoms with Gasteiger partial charge in [-0.05, 0) is 41.1 Å². The molecule has 0 amide bonds. The first-order valence-corrected chi connectivity index (χ1v) is 16.0. The van der Waals surface area contributed by atoms with Crippen molar-refractivity contribution in [3.63, 3.8) is 0 Å². The van der Waals surface area contributed by atoms with Crippen molar-refractivity contribution in [3.8, 4) is 39.9 Å². The molecule has 224 valence electrons. The molecule has 0 atom stereocenters. The second-order valence-corrected chi connectivity index (χ2v) is 12.0. The number of para-hydroxylation sites is 2. The van der Waals surface area contributed by atoms with Crippen LogP contribution in [0, 0.1) is 0 Å². The first kappa shape index (κ1) is 26.6. The Kier molecular flexibility index (Phi) is 5.81. The Labute approximate surface area is 275 Å². The molecule has 3 aromatic heterocycles. The van der Waals surface area contributed by atoms with E-state index in [-0.39, 0.29) is 0 Å². The van der Waals surface area contributed by atoms with Crippen LogP contribution in [0.5, 0.6) is 0 Å². The van der Waals surface area contributed by atoms with Crippen LogP contribution >= 0.6 is 0 Å². The summed E-state index contributed by atoms with van der Waals surface area (Å²) < 4.78 is 9.13. The molecule has 0 saturated carbocycles. The highest BCUT2D eigenvalue weighted by atomic mass is 16.3. The molecule has 0 aliphatic rings. The molecule has 0 fully saturated rings. The van der Waals surface area contributed by atoms with Gasteiger partial charge in [-0.1, -0.05) is 127 Å². The zero-order valence-corrected chi connectivity index (χ0v) is 25.7. The monoisotopic (exact) mass is 614 g/mol. The SMILES string of the molecule is c1ccc(-c2nc(-c3ccccc3)nc(-c3cccc4oc5c(-n6c7ccccc7c7cc8ccccc8cc76)cccc5c34)n2)cc1. The van der Waals surface area contributed by atoms with Gasteiger partial charge in [-0.25, -0.2) is 15.0 Å². The summed E-state index contributed by atoms with van der Waals surface area (Å²) in [5.41, 5.74) is 7.62. The van der Waals surface area contributed by atoms with Gasteiger partial charge in [-0.2, -0.15) is 0 Å². The third-order valence-electron chi connectivity index (χ3n) is 9.22. The maximum absolute atomic E-state index is 6.79. The maximum Gasteiger partial charge on any atom is 0.164 e. The van der Waals surface area contributed by atoms with E-state index in [0.29, 0.717) is 17.5 Å².